The van der Waals surface area contributed by atoms with Crippen LogP contribution >= 0.6 is 0 Å². The van der Waals surface area contributed by atoms with E-state index in [0.717, 1.165) is 12.5 Å². The van der Waals surface area contributed by atoms with E-state index in [1.54, 1.807) is 0 Å². The zero-order valence-corrected chi connectivity index (χ0v) is 4.98. The smallest absolute Gasteiger partial charge is 0.00233 e. The van der Waals surface area contributed by atoms with E-state index in [9.17, 15) is 0 Å². The lowest BCUT2D eigenvalue weighted by Gasteiger charge is -2.04. The minimum atomic E-state index is 0. The molecule has 3 N–H and O–H groups in total. The zero-order valence-electron chi connectivity index (χ0n) is 4.98. The van der Waals surface area contributed by atoms with Crippen molar-refractivity contribution in [3.8, 4) is 0 Å². The molecule has 0 bridgehead atoms. The predicted octanol–water partition coefficient (Wildman–Crippen LogP) is 0.191. The molecular weight excluding hydrogens is 112 g/mol. The van der Waals surface area contributed by atoms with Crippen molar-refractivity contribution in [2.75, 3.05) is 19.6 Å². The minimum Gasteiger partial charge on any atom is -0.330 e. The molecule has 1 heterocycles. The van der Waals surface area contributed by atoms with Crippen molar-refractivity contribution in [2.45, 2.75) is 13.8 Å². The molecule has 1 aliphatic heterocycles. The van der Waals surface area contributed by atoms with E-state index in [2.05, 4.69) is 5.32 Å². The van der Waals surface area contributed by atoms with E-state index in [1.165, 1.54) is 19.5 Å². The van der Waals surface area contributed by atoms with Crippen LogP contribution in [0.25, 0.3) is 0 Å². The van der Waals surface area contributed by atoms with Crippen molar-refractivity contribution in [1.29, 1.82) is 0 Å². The number of hydrogen-bond donors (Lipinski definition) is 2. The van der Waals surface area contributed by atoms with E-state index in [1.807, 2.05) is 0 Å². The van der Waals surface area contributed by atoms with Crippen LogP contribution in [-0.2, 0) is 0 Å². The van der Waals surface area contributed by atoms with Gasteiger partial charge >= 0.3 is 0 Å². The van der Waals surface area contributed by atoms with Crippen molar-refractivity contribution in [3.63, 3.8) is 0 Å². The highest BCUT2D eigenvalue weighted by molar-refractivity contribution is 5.09. The molecule has 9 heavy (non-hydrogen) atoms. The van der Waals surface area contributed by atoms with Gasteiger partial charge in [0.15, 0.2) is 0 Å². The molecule has 54 valence electrons. The van der Waals surface area contributed by atoms with Gasteiger partial charge in [0, 0.05) is 6.54 Å². The van der Waals surface area contributed by atoms with E-state index >= 15 is 0 Å². The maximum atomic E-state index is 5.57. The quantitative estimate of drug-likeness (QED) is 0.529. The molecule has 0 spiro atoms. The van der Waals surface area contributed by atoms with E-state index in [4.69, 9.17) is 5.73 Å². The third-order valence-corrected chi connectivity index (χ3v) is 2.63. The van der Waals surface area contributed by atoms with Crippen molar-refractivity contribution in [2.24, 2.45) is 17.1 Å². The Balaban J connectivity index is 0.000000405. The van der Waals surface area contributed by atoms with Crippen molar-refractivity contribution < 1.29 is 0 Å². The van der Waals surface area contributed by atoms with Crippen molar-refractivity contribution in [1.82, 2.24) is 5.32 Å². The van der Waals surface area contributed by atoms with Gasteiger partial charge in [0.25, 0.3) is 0 Å². The largest absolute Gasteiger partial charge is 0.330 e. The Labute approximate surface area is 56.8 Å². The van der Waals surface area contributed by atoms with Gasteiger partial charge in [-0.25, -0.2) is 0 Å². The summed E-state index contributed by atoms with van der Waals surface area (Å²) in [5.74, 6) is 0.937. The highest BCUT2D eigenvalue weighted by Gasteiger charge is 2.55. The Bertz CT molecular complexity index is 109. The first-order chi connectivity index (χ1) is 3.87. The first-order valence-corrected chi connectivity index (χ1v) is 3.28. The second kappa shape index (κ2) is 1.96. The number of nitrogens with two attached hydrogens (primary N) is 1. The molecule has 1 saturated heterocycles. The van der Waals surface area contributed by atoms with E-state index in [-0.39, 0.29) is 7.43 Å². The molecule has 2 rings (SSSR count). The lowest BCUT2D eigenvalue weighted by Crippen LogP contribution is -2.23. The van der Waals surface area contributed by atoms with Crippen LogP contribution in [-0.4, -0.2) is 19.6 Å². The molecule has 2 unspecified atom stereocenters. The van der Waals surface area contributed by atoms with Crippen LogP contribution in [0.4, 0.5) is 0 Å². The molecule has 2 atom stereocenters. The second-order valence-electron chi connectivity index (χ2n) is 3.10. The van der Waals surface area contributed by atoms with Crippen molar-refractivity contribution in [3.05, 3.63) is 0 Å². The van der Waals surface area contributed by atoms with Gasteiger partial charge in [-0.05, 0) is 30.8 Å². The average molecular weight is 128 g/mol. The summed E-state index contributed by atoms with van der Waals surface area (Å²) in [6.07, 6.45) is 1.39. The Kier molecular flexibility index (Phi) is 1.53. The monoisotopic (exact) mass is 128 g/mol. The average Bonchev–Trinajstić information content (AvgIpc) is 2.38. The van der Waals surface area contributed by atoms with Gasteiger partial charge in [0.05, 0.1) is 0 Å². The van der Waals surface area contributed by atoms with Crippen molar-refractivity contribution >= 4 is 0 Å². The number of fused-ring (bicyclic) bond motifs is 1. The molecule has 1 aliphatic carbocycles. The first kappa shape index (κ1) is 7.03. The maximum Gasteiger partial charge on any atom is 0.00233 e. The molecule has 1 saturated carbocycles. The van der Waals surface area contributed by atoms with Gasteiger partial charge < -0.3 is 11.1 Å². The maximum absolute atomic E-state index is 5.57. The van der Waals surface area contributed by atoms with Gasteiger partial charge in [-0.3, -0.25) is 0 Å². The van der Waals surface area contributed by atoms with Crippen LogP contribution in [0.2, 0.25) is 0 Å². The minimum absolute atomic E-state index is 0. The highest BCUT2D eigenvalue weighted by Crippen LogP contribution is 2.53. The lowest BCUT2D eigenvalue weighted by molar-refractivity contribution is 0.528. The van der Waals surface area contributed by atoms with Gasteiger partial charge in [0.1, 0.15) is 0 Å². The Morgan fingerprint density at radius 3 is 2.67 bits per heavy atom. The van der Waals surface area contributed by atoms with Gasteiger partial charge in [-0.15, -0.1) is 0 Å². The fourth-order valence-electron chi connectivity index (χ4n) is 1.75. The van der Waals surface area contributed by atoms with Gasteiger partial charge in [0.2, 0.25) is 0 Å². The summed E-state index contributed by atoms with van der Waals surface area (Å²) in [4.78, 5) is 0. The van der Waals surface area contributed by atoms with Crippen LogP contribution in [0.1, 0.15) is 13.8 Å². The molecule has 2 nitrogen and oxygen atoms in total. The predicted molar refractivity (Wildman–Crippen MR) is 39.2 cm³/mol. The number of piperidine rings is 1. The third-order valence-electron chi connectivity index (χ3n) is 2.63. The Hall–Kier alpha value is -0.0800. The molecule has 2 fully saturated rings. The van der Waals surface area contributed by atoms with Crippen LogP contribution in [0.5, 0.6) is 0 Å². The van der Waals surface area contributed by atoms with E-state index in [0.29, 0.717) is 5.41 Å². The summed E-state index contributed by atoms with van der Waals surface area (Å²) in [6.45, 7) is 3.29. The number of rotatable bonds is 1. The van der Waals surface area contributed by atoms with Crippen LogP contribution < -0.4 is 11.1 Å². The van der Waals surface area contributed by atoms with Crippen LogP contribution in [0.3, 0.4) is 0 Å². The molecule has 0 amide bonds. The normalized spacial score (nSPS) is 45.7. The van der Waals surface area contributed by atoms with Crippen LogP contribution in [0.15, 0.2) is 0 Å². The van der Waals surface area contributed by atoms with Crippen LogP contribution in [0, 0.1) is 11.3 Å². The zero-order chi connectivity index (χ0) is 5.61. The third kappa shape index (κ3) is 0.775. The number of hydrogen-bond acceptors (Lipinski definition) is 2. The summed E-state index contributed by atoms with van der Waals surface area (Å²) >= 11 is 0. The topological polar surface area (TPSA) is 38.0 Å². The summed E-state index contributed by atoms with van der Waals surface area (Å²) in [5, 5.41) is 3.33. The summed E-state index contributed by atoms with van der Waals surface area (Å²) in [5.41, 5.74) is 6.14. The van der Waals surface area contributed by atoms with E-state index < -0.39 is 0 Å². The summed E-state index contributed by atoms with van der Waals surface area (Å²) in [7, 11) is 0. The Morgan fingerprint density at radius 1 is 1.67 bits per heavy atom. The fourth-order valence-corrected chi connectivity index (χ4v) is 1.75. The van der Waals surface area contributed by atoms with Gasteiger partial charge in [-0.2, -0.15) is 0 Å². The Morgan fingerprint density at radius 2 is 2.44 bits per heavy atom. The molecule has 2 aliphatic rings. The fraction of sp³-hybridized carbons (Fsp3) is 1.00. The molecule has 0 aromatic heterocycles. The summed E-state index contributed by atoms with van der Waals surface area (Å²) < 4.78 is 0. The first-order valence-electron chi connectivity index (χ1n) is 3.28. The number of nitrogens with one attached hydrogen (secondary N) is 1. The highest BCUT2D eigenvalue weighted by atomic mass is 15.0. The molecule has 0 aromatic rings. The second-order valence-corrected chi connectivity index (χ2v) is 3.10. The standard InChI is InChI=1S/C6H12N2.CH4/c7-3-6-1-5(6)2-8-4-6;/h5,8H,1-4,7H2;1H4. The molecule has 0 aromatic carbocycles. The molecule has 0 radical (unpaired) electrons. The molecular formula is C7H16N2. The van der Waals surface area contributed by atoms with Gasteiger partial charge in [-0.1, -0.05) is 7.43 Å². The SMILES string of the molecule is C.NCC12CNCC1C2. The molecule has 2 heteroatoms. The lowest BCUT2D eigenvalue weighted by atomic mass is 10.1. The summed E-state index contributed by atoms with van der Waals surface area (Å²) in [6, 6.07) is 0.